The summed E-state index contributed by atoms with van der Waals surface area (Å²) in [5.41, 5.74) is 0. The molecule has 1 atom stereocenters. The van der Waals surface area contributed by atoms with Crippen LogP contribution in [0.15, 0.2) is 24.5 Å². The molecule has 0 radical (unpaired) electrons. The van der Waals surface area contributed by atoms with Crippen LogP contribution >= 0.6 is 0 Å². The van der Waals surface area contributed by atoms with Gasteiger partial charge in [-0.2, -0.15) is 0 Å². The number of carbonyl (C=O) groups excluding carboxylic acids is 1. The fourth-order valence-electron chi connectivity index (χ4n) is 0.941. The van der Waals surface area contributed by atoms with Gasteiger partial charge in [0.15, 0.2) is 0 Å². The van der Waals surface area contributed by atoms with Crippen molar-refractivity contribution in [3.8, 4) is 0 Å². The summed E-state index contributed by atoms with van der Waals surface area (Å²) < 4.78 is 4.57. The number of rotatable bonds is 0. The van der Waals surface area contributed by atoms with Gasteiger partial charge < -0.3 is 15.2 Å². The maximum Gasteiger partial charge on any atom is 0.220 e. The highest BCUT2D eigenvalue weighted by molar-refractivity contribution is 5.77. The SMILES string of the molecule is O=C1CCCN1.OC1C=CC=CO1. The first-order valence-corrected chi connectivity index (χ1v) is 4.22. The van der Waals surface area contributed by atoms with E-state index in [1.165, 1.54) is 6.26 Å². The Labute approximate surface area is 76.9 Å². The minimum atomic E-state index is -0.731. The molecule has 72 valence electrons. The third-order valence-electron chi connectivity index (χ3n) is 1.59. The zero-order chi connectivity index (χ0) is 9.52. The van der Waals surface area contributed by atoms with Gasteiger partial charge in [-0.1, -0.05) is 6.08 Å². The van der Waals surface area contributed by atoms with Crippen molar-refractivity contribution in [2.24, 2.45) is 0 Å². The lowest BCUT2D eigenvalue weighted by atomic mass is 10.4. The Bertz CT molecular complexity index is 215. The second kappa shape index (κ2) is 5.37. The highest BCUT2D eigenvalue weighted by Gasteiger charge is 2.05. The Morgan fingerprint density at radius 3 is 2.62 bits per heavy atom. The molecule has 4 nitrogen and oxygen atoms in total. The van der Waals surface area contributed by atoms with E-state index in [9.17, 15) is 4.79 Å². The maximum absolute atomic E-state index is 10.1. The van der Waals surface area contributed by atoms with Crippen LogP contribution in [-0.2, 0) is 9.53 Å². The molecular formula is C9H13NO3. The molecule has 2 N–H and O–H groups in total. The van der Waals surface area contributed by atoms with Gasteiger partial charge in [0.25, 0.3) is 0 Å². The van der Waals surface area contributed by atoms with Crippen LogP contribution in [0.3, 0.4) is 0 Å². The second-order valence-corrected chi connectivity index (χ2v) is 2.69. The quantitative estimate of drug-likeness (QED) is 0.568. The zero-order valence-corrected chi connectivity index (χ0v) is 7.27. The molecule has 1 fully saturated rings. The van der Waals surface area contributed by atoms with E-state index in [0.717, 1.165) is 19.4 Å². The monoisotopic (exact) mass is 183 g/mol. The number of carbonyl (C=O) groups is 1. The van der Waals surface area contributed by atoms with Crippen molar-refractivity contribution in [2.45, 2.75) is 19.1 Å². The molecular weight excluding hydrogens is 170 g/mol. The van der Waals surface area contributed by atoms with Gasteiger partial charge in [-0.25, -0.2) is 0 Å². The van der Waals surface area contributed by atoms with Crippen molar-refractivity contribution < 1.29 is 14.6 Å². The summed E-state index contributed by atoms with van der Waals surface area (Å²) in [5, 5.41) is 11.2. The Kier molecular flexibility index (Phi) is 4.05. The normalized spacial score (nSPS) is 24.4. The summed E-state index contributed by atoms with van der Waals surface area (Å²) in [6.07, 6.45) is 7.48. The van der Waals surface area contributed by atoms with Gasteiger partial charge in [0.2, 0.25) is 12.2 Å². The number of hydrogen-bond acceptors (Lipinski definition) is 3. The summed E-state index contributed by atoms with van der Waals surface area (Å²) in [6, 6.07) is 0. The molecule has 0 saturated carbocycles. The largest absolute Gasteiger partial charge is 0.469 e. The fraction of sp³-hybridized carbons (Fsp3) is 0.444. The second-order valence-electron chi connectivity index (χ2n) is 2.69. The predicted octanol–water partition coefficient (Wildman–Crippen LogP) is 0.301. The van der Waals surface area contributed by atoms with Gasteiger partial charge in [0, 0.05) is 13.0 Å². The lowest BCUT2D eigenvalue weighted by Crippen LogP contribution is -2.12. The lowest BCUT2D eigenvalue weighted by Gasteiger charge is -2.05. The average molecular weight is 183 g/mol. The predicted molar refractivity (Wildman–Crippen MR) is 47.6 cm³/mol. The van der Waals surface area contributed by atoms with Gasteiger partial charge in [-0.3, -0.25) is 4.79 Å². The first kappa shape index (κ1) is 9.80. The number of nitrogens with one attached hydrogen (secondary N) is 1. The van der Waals surface area contributed by atoms with Crippen LogP contribution in [0.1, 0.15) is 12.8 Å². The Morgan fingerprint density at radius 1 is 1.54 bits per heavy atom. The molecule has 0 spiro atoms. The highest BCUT2D eigenvalue weighted by Crippen LogP contribution is 1.96. The summed E-state index contributed by atoms with van der Waals surface area (Å²) in [4.78, 5) is 10.1. The Hall–Kier alpha value is -1.29. The van der Waals surface area contributed by atoms with Gasteiger partial charge in [-0.15, -0.1) is 0 Å². The molecule has 0 aromatic heterocycles. The third-order valence-corrected chi connectivity index (χ3v) is 1.59. The lowest BCUT2D eigenvalue weighted by molar-refractivity contribution is -0.119. The number of aliphatic hydroxyl groups is 1. The van der Waals surface area contributed by atoms with Crippen molar-refractivity contribution in [1.29, 1.82) is 0 Å². The van der Waals surface area contributed by atoms with Crippen LogP contribution < -0.4 is 5.32 Å². The first-order valence-electron chi connectivity index (χ1n) is 4.22. The van der Waals surface area contributed by atoms with Crippen molar-refractivity contribution in [3.05, 3.63) is 24.5 Å². The first-order chi connectivity index (χ1) is 6.29. The topological polar surface area (TPSA) is 58.6 Å². The Morgan fingerprint density at radius 2 is 2.38 bits per heavy atom. The molecule has 2 aliphatic rings. The molecule has 0 bridgehead atoms. The van der Waals surface area contributed by atoms with Crippen LogP contribution in [0.5, 0.6) is 0 Å². The smallest absolute Gasteiger partial charge is 0.220 e. The Balaban J connectivity index is 0.000000132. The van der Waals surface area contributed by atoms with E-state index < -0.39 is 6.29 Å². The molecule has 1 saturated heterocycles. The molecule has 0 aromatic rings. The minimum absolute atomic E-state index is 0.204. The van der Waals surface area contributed by atoms with Gasteiger partial charge in [-0.05, 0) is 18.6 Å². The van der Waals surface area contributed by atoms with Crippen molar-refractivity contribution in [1.82, 2.24) is 5.32 Å². The standard InChI is InChI=1S/C5H6O2.C4H7NO/c6-5-3-1-2-4-7-5;6-4-2-1-3-5-4/h1-6H;1-3H2,(H,5,6). The van der Waals surface area contributed by atoms with Crippen LogP contribution in [0.2, 0.25) is 0 Å². The van der Waals surface area contributed by atoms with E-state index in [1.807, 2.05) is 0 Å². The van der Waals surface area contributed by atoms with Crippen LogP contribution in [0, 0.1) is 0 Å². The van der Waals surface area contributed by atoms with E-state index in [4.69, 9.17) is 5.11 Å². The molecule has 0 aromatic carbocycles. The molecule has 0 aliphatic carbocycles. The van der Waals surface area contributed by atoms with E-state index in [2.05, 4.69) is 10.1 Å². The summed E-state index contributed by atoms with van der Waals surface area (Å²) in [6.45, 7) is 0.888. The zero-order valence-electron chi connectivity index (χ0n) is 7.27. The fourth-order valence-corrected chi connectivity index (χ4v) is 0.941. The minimum Gasteiger partial charge on any atom is -0.469 e. The van der Waals surface area contributed by atoms with Crippen molar-refractivity contribution in [3.63, 3.8) is 0 Å². The molecule has 1 amide bonds. The van der Waals surface area contributed by atoms with E-state index >= 15 is 0 Å². The van der Waals surface area contributed by atoms with Crippen molar-refractivity contribution >= 4 is 5.91 Å². The number of hydrogen-bond donors (Lipinski definition) is 2. The van der Waals surface area contributed by atoms with Crippen LogP contribution in [-0.4, -0.2) is 23.8 Å². The average Bonchev–Trinajstić information content (AvgIpc) is 2.58. The molecule has 2 aliphatic heterocycles. The van der Waals surface area contributed by atoms with Gasteiger partial charge in [0.1, 0.15) is 0 Å². The maximum atomic E-state index is 10.1. The molecule has 2 heterocycles. The van der Waals surface area contributed by atoms with Crippen molar-refractivity contribution in [2.75, 3.05) is 6.54 Å². The number of ether oxygens (including phenoxy) is 1. The number of aliphatic hydroxyl groups excluding tert-OH is 1. The molecule has 4 heteroatoms. The third kappa shape index (κ3) is 4.32. The van der Waals surface area contributed by atoms with E-state index in [-0.39, 0.29) is 5.91 Å². The summed E-state index contributed by atoms with van der Waals surface area (Å²) in [5.74, 6) is 0.204. The molecule has 13 heavy (non-hydrogen) atoms. The van der Waals surface area contributed by atoms with Crippen LogP contribution in [0.4, 0.5) is 0 Å². The van der Waals surface area contributed by atoms with E-state index in [1.54, 1.807) is 18.2 Å². The number of amides is 1. The molecule has 2 rings (SSSR count). The van der Waals surface area contributed by atoms with Gasteiger partial charge >= 0.3 is 0 Å². The number of allylic oxidation sites excluding steroid dienone is 2. The summed E-state index contributed by atoms with van der Waals surface area (Å²) in [7, 11) is 0. The summed E-state index contributed by atoms with van der Waals surface area (Å²) >= 11 is 0. The molecule has 1 unspecified atom stereocenters. The highest BCUT2D eigenvalue weighted by atomic mass is 16.6. The van der Waals surface area contributed by atoms with Crippen LogP contribution in [0.25, 0.3) is 0 Å². The van der Waals surface area contributed by atoms with E-state index in [0.29, 0.717) is 0 Å². The van der Waals surface area contributed by atoms with Gasteiger partial charge in [0.05, 0.1) is 6.26 Å².